The fourth-order valence-corrected chi connectivity index (χ4v) is 3.94. The molecule has 0 bridgehead atoms. The number of aromatic nitrogens is 2. The lowest BCUT2D eigenvalue weighted by Crippen LogP contribution is -2.54. The lowest BCUT2D eigenvalue weighted by atomic mass is 9.92. The molecule has 3 rings (SSSR count). The monoisotopic (exact) mass is 362 g/mol. The summed E-state index contributed by atoms with van der Waals surface area (Å²) >= 11 is 0. The van der Waals surface area contributed by atoms with Gasteiger partial charge < -0.3 is 14.6 Å². The predicted molar refractivity (Wildman–Crippen MR) is 94.9 cm³/mol. The molecule has 1 aromatic heterocycles. The second kappa shape index (κ2) is 7.88. The van der Waals surface area contributed by atoms with E-state index in [9.17, 15) is 14.4 Å². The summed E-state index contributed by atoms with van der Waals surface area (Å²) in [6, 6.07) is 1.13. The third-order valence-corrected chi connectivity index (χ3v) is 5.30. The van der Waals surface area contributed by atoms with E-state index in [-0.39, 0.29) is 17.4 Å². The van der Waals surface area contributed by atoms with E-state index in [0.717, 1.165) is 31.4 Å². The number of piperidine rings is 2. The van der Waals surface area contributed by atoms with E-state index in [1.807, 2.05) is 4.90 Å². The van der Waals surface area contributed by atoms with Gasteiger partial charge >= 0.3 is 6.09 Å². The Labute approximate surface area is 152 Å². The second-order valence-corrected chi connectivity index (χ2v) is 7.03. The summed E-state index contributed by atoms with van der Waals surface area (Å²) in [5, 5.41) is 0. The molecule has 0 aromatic carbocycles. The fraction of sp³-hybridized carbons (Fsp3) is 0.667. The average molecular weight is 362 g/mol. The average Bonchev–Trinajstić information content (AvgIpc) is 2.66. The first-order valence-electron chi connectivity index (χ1n) is 9.21. The molecule has 2 fully saturated rings. The van der Waals surface area contributed by atoms with Crippen LogP contribution in [0.15, 0.2) is 10.9 Å². The number of methoxy groups -OCH3 is 1. The Hall–Kier alpha value is -2.38. The summed E-state index contributed by atoms with van der Waals surface area (Å²) in [4.78, 5) is 47.0. The molecule has 0 aliphatic carbocycles. The fourth-order valence-electron chi connectivity index (χ4n) is 3.94. The van der Waals surface area contributed by atoms with E-state index in [0.29, 0.717) is 31.9 Å². The van der Waals surface area contributed by atoms with Crippen LogP contribution >= 0.6 is 0 Å². The molecular weight excluding hydrogens is 336 g/mol. The third-order valence-electron chi connectivity index (χ3n) is 5.30. The van der Waals surface area contributed by atoms with Crippen LogP contribution in [0.4, 0.5) is 4.79 Å². The zero-order valence-electron chi connectivity index (χ0n) is 15.4. The van der Waals surface area contributed by atoms with Gasteiger partial charge in [0, 0.05) is 31.6 Å². The topological polar surface area (TPSA) is 95.6 Å². The molecule has 1 aromatic rings. The van der Waals surface area contributed by atoms with Crippen LogP contribution in [-0.2, 0) is 9.53 Å². The molecule has 1 unspecified atom stereocenters. The van der Waals surface area contributed by atoms with Crippen molar-refractivity contribution in [1.29, 1.82) is 0 Å². The molecule has 1 atom stereocenters. The second-order valence-electron chi connectivity index (χ2n) is 7.03. The van der Waals surface area contributed by atoms with Crippen LogP contribution in [0.25, 0.3) is 0 Å². The molecule has 2 amide bonds. The highest BCUT2D eigenvalue weighted by Gasteiger charge is 2.36. The highest BCUT2D eigenvalue weighted by molar-refractivity contribution is 5.86. The number of H-pyrrole nitrogens is 1. The number of likely N-dealkylation sites (tertiary alicyclic amines) is 2. The van der Waals surface area contributed by atoms with Gasteiger partial charge in [0.25, 0.3) is 5.56 Å². The number of nitrogens with zero attached hydrogens (tertiary/aromatic N) is 3. The van der Waals surface area contributed by atoms with E-state index < -0.39 is 12.1 Å². The summed E-state index contributed by atoms with van der Waals surface area (Å²) in [5.74, 6) is 0.800. The Balaban J connectivity index is 1.64. The standard InChI is InChI=1S/C18H26N4O4/c1-12-19-14(11-16(23)20-12)13-6-9-21(10-7-13)17(24)15-5-3-4-8-22(15)18(25)26-2/h11,13,15H,3-10H2,1-2H3,(H,19,20,23). The number of nitrogens with one attached hydrogen (secondary N) is 1. The van der Waals surface area contributed by atoms with Crippen molar-refractivity contribution in [2.24, 2.45) is 0 Å². The van der Waals surface area contributed by atoms with Crippen molar-refractivity contribution >= 4 is 12.0 Å². The minimum Gasteiger partial charge on any atom is -0.453 e. The first-order chi connectivity index (χ1) is 12.5. The molecular formula is C18H26N4O4. The van der Waals surface area contributed by atoms with Gasteiger partial charge in [-0.15, -0.1) is 0 Å². The maximum Gasteiger partial charge on any atom is 0.410 e. The largest absolute Gasteiger partial charge is 0.453 e. The van der Waals surface area contributed by atoms with E-state index in [1.165, 1.54) is 7.11 Å². The van der Waals surface area contributed by atoms with Gasteiger partial charge in [-0.2, -0.15) is 0 Å². The molecule has 2 saturated heterocycles. The lowest BCUT2D eigenvalue weighted by molar-refractivity contribution is -0.138. The Bertz CT molecular complexity index is 724. The number of hydrogen-bond acceptors (Lipinski definition) is 5. The predicted octanol–water partition coefficient (Wildman–Crippen LogP) is 1.41. The van der Waals surface area contributed by atoms with Crippen molar-refractivity contribution in [3.63, 3.8) is 0 Å². The zero-order valence-corrected chi connectivity index (χ0v) is 15.4. The summed E-state index contributed by atoms with van der Waals surface area (Å²) < 4.78 is 4.83. The van der Waals surface area contributed by atoms with Crippen molar-refractivity contribution in [2.45, 2.75) is 51.0 Å². The summed E-state index contributed by atoms with van der Waals surface area (Å²) in [5.41, 5.74) is 0.661. The van der Waals surface area contributed by atoms with Crippen LogP contribution in [0.1, 0.15) is 49.5 Å². The summed E-state index contributed by atoms with van der Waals surface area (Å²) in [7, 11) is 1.35. The molecule has 2 aliphatic rings. The maximum absolute atomic E-state index is 12.9. The number of aromatic amines is 1. The maximum atomic E-state index is 12.9. The van der Waals surface area contributed by atoms with Crippen molar-refractivity contribution in [1.82, 2.24) is 19.8 Å². The summed E-state index contributed by atoms with van der Waals surface area (Å²) in [6.07, 6.45) is 3.63. The smallest absolute Gasteiger partial charge is 0.410 e. The number of ether oxygens (including phenoxy) is 1. The Morgan fingerprint density at radius 3 is 2.58 bits per heavy atom. The van der Waals surface area contributed by atoms with Crippen LogP contribution in [-0.4, -0.2) is 64.6 Å². The molecule has 2 aliphatic heterocycles. The van der Waals surface area contributed by atoms with Gasteiger partial charge in [0.1, 0.15) is 11.9 Å². The molecule has 8 nitrogen and oxygen atoms in total. The lowest BCUT2D eigenvalue weighted by Gasteiger charge is -2.39. The number of aryl methyl sites for hydroxylation is 1. The summed E-state index contributed by atoms with van der Waals surface area (Å²) in [6.45, 7) is 3.56. The van der Waals surface area contributed by atoms with Crippen molar-refractivity contribution in [3.05, 3.63) is 27.9 Å². The molecule has 26 heavy (non-hydrogen) atoms. The van der Waals surface area contributed by atoms with Crippen LogP contribution < -0.4 is 5.56 Å². The number of carbonyl (C=O) groups excluding carboxylic acids is 2. The van der Waals surface area contributed by atoms with Crippen LogP contribution in [0.3, 0.4) is 0 Å². The Morgan fingerprint density at radius 2 is 1.92 bits per heavy atom. The molecule has 3 heterocycles. The van der Waals surface area contributed by atoms with Crippen molar-refractivity contribution in [2.75, 3.05) is 26.7 Å². The molecule has 0 radical (unpaired) electrons. The van der Waals surface area contributed by atoms with Crippen molar-refractivity contribution in [3.8, 4) is 0 Å². The highest BCUT2D eigenvalue weighted by Crippen LogP contribution is 2.28. The highest BCUT2D eigenvalue weighted by atomic mass is 16.5. The van der Waals surface area contributed by atoms with E-state index in [4.69, 9.17) is 4.74 Å². The van der Waals surface area contributed by atoms with Crippen LogP contribution in [0, 0.1) is 6.92 Å². The SMILES string of the molecule is COC(=O)N1CCCCC1C(=O)N1CCC(c2cc(=O)[nH]c(C)n2)CC1. The molecule has 1 N–H and O–H groups in total. The number of rotatable bonds is 2. The van der Waals surface area contributed by atoms with Crippen LogP contribution in [0.5, 0.6) is 0 Å². The van der Waals surface area contributed by atoms with E-state index in [1.54, 1.807) is 17.9 Å². The molecule has 0 saturated carbocycles. The van der Waals surface area contributed by atoms with Gasteiger partial charge in [0.15, 0.2) is 0 Å². The minimum atomic E-state index is -0.430. The normalized spacial score (nSPS) is 21.5. The number of amides is 2. The van der Waals surface area contributed by atoms with Gasteiger partial charge in [0.2, 0.25) is 5.91 Å². The van der Waals surface area contributed by atoms with Gasteiger partial charge in [-0.05, 0) is 39.0 Å². The molecule has 8 heteroatoms. The number of hydrogen-bond donors (Lipinski definition) is 1. The molecule has 142 valence electrons. The third kappa shape index (κ3) is 3.89. The Morgan fingerprint density at radius 1 is 1.19 bits per heavy atom. The Kier molecular flexibility index (Phi) is 5.58. The zero-order chi connectivity index (χ0) is 18.7. The van der Waals surface area contributed by atoms with Gasteiger partial charge in [-0.1, -0.05) is 0 Å². The van der Waals surface area contributed by atoms with E-state index >= 15 is 0 Å². The van der Waals surface area contributed by atoms with Crippen LogP contribution in [0.2, 0.25) is 0 Å². The quantitative estimate of drug-likeness (QED) is 0.858. The van der Waals surface area contributed by atoms with E-state index in [2.05, 4.69) is 9.97 Å². The van der Waals surface area contributed by atoms with Gasteiger partial charge in [0.05, 0.1) is 12.8 Å². The first kappa shape index (κ1) is 18.4. The van der Waals surface area contributed by atoms with Gasteiger partial charge in [-0.25, -0.2) is 9.78 Å². The van der Waals surface area contributed by atoms with Gasteiger partial charge in [-0.3, -0.25) is 14.5 Å². The number of carbonyl (C=O) groups is 2. The minimum absolute atomic E-state index is 0.00333. The first-order valence-corrected chi connectivity index (χ1v) is 9.21. The molecule has 0 spiro atoms. The van der Waals surface area contributed by atoms with Crippen molar-refractivity contribution < 1.29 is 14.3 Å².